The van der Waals surface area contributed by atoms with Gasteiger partial charge in [-0.05, 0) is 31.9 Å². The maximum atomic E-state index is 12.0. The molecule has 1 heterocycles. The third kappa shape index (κ3) is 2.05. The highest BCUT2D eigenvalue weighted by molar-refractivity contribution is 6.04. The number of aliphatic carboxylic acids is 1. The predicted octanol–water partition coefficient (Wildman–Crippen LogP) is 1.41. The molecule has 1 fully saturated rings. The number of carbonyl (C=O) groups excluding carboxylic acids is 1. The van der Waals surface area contributed by atoms with Gasteiger partial charge in [-0.2, -0.15) is 0 Å². The first-order valence-electron chi connectivity index (χ1n) is 5.50. The van der Waals surface area contributed by atoms with Crippen LogP contribution in [0, 0.1) is 12.3 Å². The molecule has 0 spiro atoms. The van der Waals surface area contributed by atoms with Gasteiger partial charge in [-0.1, -0.05) is 0 Å². The van der Waals surface area contributed by atoms with Gasteiger partial charge in [0, 0.05) is 7.05 Å². The van der Waals surface area contributed by atoms with E-state index >= 15 is 0 Å². The van der Waals surface area contributed by atoms with E-state index < -0.39 is 11.4 Å². The molecule has 1 amide bonds. The molecular weight excluding hydrogens is 222 g/mol. The zero-order chi connectivity index (χ0) is 12.6. The summed E-state index contributed by atoms with van der Waals surface area (Å²) in [4.78, 5) is 24.4. The van der Waals surface area contributed by atoms with Gasteiger partial charge >= 0.3 is 5.97 Å². The molecule has 2 rings (SSSR count). The number of carbonyl (C=O) groups is 2. The summed E-state index contributed by atoms with van der Waals surface area (Å²) in [6.45, 7) is 2.13. The van der Waals surface area contributed by atoms with Crippen molar-refractivity contribution >= 4 is 11.9 Å². The van der Waals surface area contributed by atoms with Crippen molar-refractivity contribution < 1.29 is 19.1 Å². The number of hydrogen-bond acceptors (Lipinski definition) is 3. The van der Waals surface area contributed by atoms with Gasteiger partial charge in [0.25, 0.3) is 0 Å². The first kappa shape index (κ1) is 11.7. The minimum Gasteiger partial charge on any atom is -0.480 e. The minimum absolute atomic E-state index is 0.307. The fourth-order valence-corrected chi connectivity index (χ4v) is 1.89. The molecule has 1 aromatic rings. The molecule has 1 saturated carbocycles. The molecule has 0 radical (unpaired) electrons. The third-order valence-corrected chi connectivity index (χ3v) is 3.10. The van der Waals surface area contributed by atoms with Gasteiger partial charge in [0.1, 0.15) is 16.9 Å². The van der Waals surface area contributed by atoms with Crippen LogP contribution in [0.1, 0.15) is 24.4 Å². The van der Waals surface area contributed by atoms with Gasteiger partial charge < -0.3 is 14.4 Å². The van der Waals surface area contributed by atoms with E-state index in [1.54, 1.807) is 13.1 Å². The Hall–Kier alpha value is -1.78. The monoisotopic (exact) mass is 237 g/mol. The van der Waals surface area contributed by atoms with Crippen molar-refractivity contribution in [3.05, 3.63) is 23.7 Å². The van der Waals surface area contributed by atoms with Crippen LogP contribution < -0.4 is 0 Å². The minimum atomic E-state index is -1.17. The van der Waals surface area contributed by atoms with E-state index in [1.807, 2.05) is 13.0 Å². The van der Waals surface area contributed by atoms with Crippen molar-refractivity contribution in [1.82, 2.24) is 4.90 Å². The number of aryl methyl sites for hydroxylation is 1. The zero-order valence-electron chi connectivity index (χ0n) is 9.90. The maximum absolute atomic E-state index is 12.0. The first-order chi connectivity index (χ1) is 7.95. The number of furan rings is 1. The molecule has 0 aromatic carbocycles. The molecule has 0 aliphatic heterocycles. The van der Waals surface area contributed by atoms with Crippen LogP contribution in [-0.2, 0) is 16.1 Å². The highest BCUT2D eigenvalue weighted by Crippen LogP contribution is 2.47. The lowest BCUT2D eigenvalue weighted by molar-refractivity contribution is -0.153. The van der Waals surface area contributed by atoms with Crippen molar-refractivity contribution in [2.45, 2.75) is 26.3 Å². The number of amides is 1. The topological polar surface area (TPSA) is 70.8 Å². The molecule has 1 aromatic heterocycles. The smallest absolute Gasteiger partial charge is 0.319 e. The summed E-state index contributed by atoms with van der Waals surface area (Å²) in [7, 11) is 1.60. The largest absolute Gasteiger partial charge is 0.480 e. The van der Waals surface area contributed by atoms with E-state index in [2.05, 4.69) is 0 Å². The zero-order valence-corrected chi connectivity index (χ0v) is 9.90. The molecular formula is C12H15NO4. The Morgan fingerprint density at radius 3 is 2.53 bits per heavy atom. The third-order valence-electron chi connectivity index (χ3n) is 3.10. The molecule has 1 aliphatic carbocycles. The first-order valence-corrected chi connectivity index (χ1v) is 5.50. The number of nitrogens with zero attached hydrogens (tertiary/aromatic N) is 1. The van der Waals surface area contributed by atoms with Crippen LogP contribution in [0.4, 0.5) is 0 Å². The SMILES string of the molecule is Cc1ccc(CN(C)C(=O)C2(C(=O)O)CC2)o1. The van der Waals surface area contributed by atoms with Gasteiger partial charge in [0.15, 0.2) is 0 Å². The number of carboxylic acid groups (broad SMARTS) is 1. The predicted molar refractivity (Wildman–Crippen MR) is 59.2 cm³/mol. The van der Waals surface area contributed by atoms with E-state index in [0.717, 1.165) is 5.76 Å². The Bertz CT molecular complexity index is 459. The van der Waals surface area contributed by atoms with Crippen LogP contribution in [0.25, 0.3) is 0 Å². The van der Waals surface area contributed by atoms with Gasteiger partial charge in [-0.25, -0.2) is 0 Å². The Balaban J connectivity index is 2.03. The van der Waals surface area contributed by atoms with Crippen LogP contribution in [0.3, 0.4) is 0 Å². The van der Waals surface area contributed by atoms with Gasteiger partial charge in [0.05, 0.1) is 6.54 Å². The van der Waals surface area contributed by atoms with E-state index in [9.17, 15) is 9.59 Å². The molecule has 5 heteroatoms. The Kier molecular flexibility index (Phi) is 2.69. The van der Waals surface area contributed by atoms with E-state index in [4.69, 9.17) is 9.52 Å². The number of carboxylic acids is 1. The lowest BCUT2D eigenvalue weighted by Gasteiger charge is -2.19. The van der Waals surface area contributed by atoms with Crippen LogP contribution in [0.15, 0.2) is 16.5 Å². The van der Waals surface area contributed by atoms with Crippen LogP contribution in [0.2, 0.25) is 0 Å². The average molecular weight is 237 g/mol. The van der Waals surface area contributed by atoms with E-state index in [0.29, 0.717) is 25.1 Å². The Morgan fingerprint density at radius 2 is 2.12 bits per heavy atom. The summed E-state index contributed by atoms with van der Waals surface area (Å²) in [6.07, 6.45) is 0.866. The number of rotatable bonds is 4. The summed E-state index contributed by atoms with van der Waals surface area (Å²) in [5.41, 5.74) is -1.17. The fraction of sp³-hybridized carbons (Fsp3) is 0.500. The second-order valence-corrected chi connectivity index (χ2v) is 4.56. The maximum Gasteiger partial charge on any atom is 0.319 e. The average Bonchev–Trinajstić information content (AvgIpc) is 2.98. The van der Waals surface area contributed by atoms with Gasteiger partial charge in [0.2, 0.25) is 5.91 Å². The summed E-state index contributed by atoms with van der Waals surface area (Å²) in [5, 5.41) is 9.02. The molecule has 17 heavy (non-hydrogen) atoms. The van der Waals surface area contributed by atoms with Crippen molar-refractivity contribution in [3.63, 3.8) is 0 Å². The fourth-order valence-electron chi connectivity index (χ4n) is 1.89. The lowest BCUT2D eigenvalue weighted by Crippen LogP contribution is -2.38. The Morgan fingerprint density at radius 1 is 1.47 bits per heavy atom. The van der Waals surface area contributed by atoms with Crippen molar-refractivity contribution in [2.24, 2.45) is 5.41 Å². The van der Waals surface area contributed by atoms with Crippen LogP contribution >= 0.6 is 0 Å². The molecule has 0 atom stereocenters. The van der Waals surface area contributed by atoms with Gasteiger partial charge in [-0.15, -0.1) is 0 Å². The summed E-state index contributed by atoms with van der Waals surface area (Å²) in [6, 6.07) is 3.61. The van der Waals surface area contributed by atoms with Gasteiger partial charge in [-0.3, -0.25) is 9.59 Å². The van der Waals surface area contributed by atoms with Crippen LogP contribution in [-0.4, -0.2) is 28.9 Å². The highest BCUT2D eigenvalue weighted by atomic mass is 16.4. The summed E-state index contributed by atoms with van der Waals surface area (Å²) in [5.74, 6) is 0.0868. The Labute approximate surface area is 99.0 Å². The highest BCUT2D eigenvalue weighted by Gasteiger charge is 2.58. The molecule has 5 nitrogen and oxygen atoms in total. The van der Waals surface area contributed by atoms with Crippen molar-refractivity contribution in [3.8, 4) is 0 Å². The molecule has 0 unspecified atom stereocenters. The summed E-state index contributed by atoms with van der Waals surface area (Å²) < 4.78 is 5.36. The standard InChI is InChI=1S/C12H15NO4/c1-8-3-4-9(17-8)7-13(2)10(14)12(5-6-12)11(15)16/h3-4H,5-7H2,1-2H3,(H,15,16). The van der Waals surface area contributed by atoms with Crippen molar-refractivity contribution in [2.75, 3.05) is 7.05 Å². The molecule has 92 valence electrons. The van der Waals surface area contributed by atoms with E-state index in [1.165, 1.54) is 4.90 Å². The molecule has 1 aliphatic rings. The second kappa shape index (κ2) is 3.91. The molecule has 0 saturated heterocycles. The number of hydrogen-bond donors (Lipinski definition) is 1. The quantitative estimate of drug-likeness (QED) is 0.804. The van der Waals surface area contributed by atoms with Crippen LogP contribution in [0.5, 0.6) is 0 Å². The summed E-state index contributed by atoms with van der Waals surface area (Å²) >= 11 is 0. The van der Waals surface area contributed by atoms with Crippen molar-refractivity contribution in [1.29, 1.82) is 0 Å². The second-order valence-electron chi connectivity index (χ2n) is 4.56. The molecule has 1 N–H and O–H groups in total. The molecule has 0 bridgehead atoms. The normalized spacial score (nSPS) is 16.6. The lowest BCUT2D eigenvalue weighted by atomic mass is 10.1. The van der Waals surface area contributed by atoms with E-state index in [-0.39, 0.29) is 5.91 Å².